The average molecular weight is 329 g/mol. The molecular formula is C19H23NO4. The van der Waals surface area contributed by atoms with Gasteiger partial charge in [0.05, 0.1) is 13.2 Å². The number of hydrogen-bond acceptors (Lipinski definition) is 4. The average Bonchev–Trinajstić information content (AvgIpc) is 2.59. The molecule has 0 atom stereocenters. The van der Waals surface area contributed by atoms with Gasteiger partial charge in [0.15, 0.2) is 6.61 Å². The molecule has 24 heavy (non-hydrogen) atoms. The molecule has 0 fully saturated rings. The van der Waals surface area contributed by atoms with Crippen LogP contribution in [-0.4, -0.2) is 25.7 Å². The first kappa shape index (κ1) is 17.7. The molecule has 0 bridgehead atoms. The predicted molar refractivity (Wildman–Crippen MR) is 92.5 cm³/mol. The Morgan fingerprint density at radius 1 is 1.04 bits per heavy atom. The third-order valence-corrected chi connectivity index (χ3v) is 3.20. The minimum atomic E-state index is -0.180. The van der Waals surface area contributed by atoms with E-state index in [2.05, 4.69) is 5.32 Å². The topological polar surface area (TPSA) is 56.8 Å². The Hall–Kier alpha value is -2.69. The maximum atomic E-state index is 11.9. The fraction of sp³-hybridized carbons (Fsp3) is 0.316. The second kappa shape index (κ2) is 8.82. The lowest BCUT2D eigenvalue weighted by Crippen LogP contribution is -2.28. The minimum absolute atomic E-state index is 0.0400. The van der Waals surface area contributed by atoms with Gasteiger partial charge in [0.25, 0.3) is 5.91 Å². The van der Waals surface area contributed by atoms with Crippen LogP contribution in [0.4, 0.5) is 0 Å². The highest BCUT2D eigenvalue weighted by atomic mass is 16.5. The Kier molecular flexibility index (Phi) is 6.49. The zero-order valence-corrected chi connectivity index (χ0v) is 14.2. The fourth-order valence-electron chi connectivity index (χ4n) is 2.05. The van der Waals surface area contributed by atoms with E-state index in [1.165, 1.54) is 0 Å². The second-order valence-electron chi connectivity index (χ2n) is 5.55. The van der Waals surface area contributed by atoms with Crippen LogP contribution >= 0.6 is 0 Å². The molecule has 128 valence electrons. The first-order valence-corrected chi connectivity index (χ1v) is 7.86. The molecule has 0 aromatic heterocycles. The number of amides is 1. The summed E-state index contributed by atoms with van der Waals surface area (Å²) in [5.74, 6) is 1.93. The molecule has 0 radical (unpaired) electrons. The van der Waals surface area contributed by atoms with Gasteiger partial charge >= 0.3 is 0 Å². The quantitative estimate of drug-likeness (QED) is 0.808. The van der Waals surface area contributed by atoms with E-state index in [-0.39, 0.29) is 18.6 Å². The van der Waals surface area contributed by atoms with E-state index in [4.69, 9.17) is 14.2 Å². The van der Waals surface area contributed by atoms with E-state index < -0.39 is 0 Å². The molecule has 0 heterocycles. The van der Waals surface area contributed by atoms with Gasteiger partial charge in [-0.15, -0.1) is 0 Å². The number of hydrogen-bond donors (Lipinski definition) is 1. The van der Waals surface area contributed by atoms with Crippen molar-refractivity contribution in [1.82, 2.24) is 5.32 Å². The van der Waals surface area contributed by atoms with Crippen LogP contribution in [0.25, 0.3) is 0 Å². The summed E-state index contributed by atoms with van der Waals surface area (Å²) >= 11 is 0. The molecule has 0 aliphatic heterocycles. The highest BCUT2D eigenvalue weighted by Gasteiger charge is 2.04. The molecule has 2 rings (SSSR count). The smallest absolute Gasteiger partial charge is 0.258 e. The molecule has 0 saturated carbocycles. The van der Waals surface area contributed by atoms with E-state index in [9.17, 15) is 4.79 Å². The van der Waals surface area contributed by atoms with Crippen molar-refractivity contribution in [3.63, 3.8) is 0 Å². The number of carbonyl (C=O) groups excluding carboxylic acids is 1. The van der Waals surface area contributed by atoms with Gasteiger partial charge in [-0.2, -0.15) is 0 Å². The van der Waals surface area contributed by atoms with Gasteiger partial charge < -0.3 is 19.5 Å². The molecule has 1 amide bonds. The summed E-state index contributed by atoms with van der Waals surface area (Å²) in [6.07, 6.45) is 0.143. The summed E-state index contributed by atoms with van der Waals surface area (Å²) in [6, 6.07) is 14.8. The van der Waals surface area contributed by atoms with Gasteiger partial charge in [-0.05, 0) is 43.7 Å². The van der Waals surface area contributed by atoms with Crippen LogP contribution in [0.2, 0.25) is 0 Å². The lowest BCUT2D eigenvalue weighted by molar-refractivity contribution is -0.123. The SMILES string of the molecule is COc1cccc(OCC(=O)NCc2ccc(OC(C)C)cc2)c1. The van der Waals surface area contributed by atoms with E-state index in [0.29, 0.717) is 18.0 Å². The zero-order chi connectivity index (χ0) is 17.4. The van der Waals surface area contributed by atoms with Crippen molar-refractivity contribution in [2.45, 2.75) is 26.5 Å². The molecule has 1 N–H and O–H groups in total. The second-order valence-corrected chi connectivity index (χ2v) is 5.55. The summed E-state index contributed by atoms with van der Waals surface area (Å²) in [4.78, 5) is 11.9. The molecule has 0 unspecified atom stereocenters. The van der Waals surface area contributed by atoms with E-state index in [1.807, 2.05) is 50.2 Å². The van der Waals surface area contributed by atoms with Gasteiger partial charge in [0.2, 0.25) is 0 Å². The Labute approximate surface area is 142 Å². The third kappa shape index (κ3) is 5.83. The van der Waals surface area contributed by atoms with Crippen LogP contribution in [0.5, 0.6) is 17.2 Å². The zero-order valence-electron chi connectivity index (χ0n) is 14.2. The Balaban J connectivity index is 1.76. The number of methoxy groups -OCH3 is 1. The molecular weight excluding hydrogens is 306 g/mol. The predicted octanol–water partition coefficient (Wildman–Crippen LogP) is 3.18. The number of nitrogens with one attached hydrogen (secondary N) is 1. The molecule has 5 nitrogen and oxygen atoms in total. The van der Waals surface area contributed by atoms with Crippen molar-refractivity contribution in [3.8, 4) is 17.2 Å². The van der Waals surface area contributed by atoms with Crippen LogP contribution in [0.15, 0.2) is 48.5 Å². The maximum absolute atomic E-state index is 11.9. The van der Waals surface area contributed by atoms with Crippen LogP contribution in [0.3, 0.4) is 0 Å². The highest BCUT2D eigenvalue weighted by Crippen LogP contribution is 2.18. The van der Waals surface area contributed by atoms with Gasteiger partial charge in [-0.25, -0.2) is 0 Å². The molecule has 0 aliphatic rings. The van der Waals surface area contributed by atoms with Crippen molar-refractivity contribution in [2.24, 2.45) is 0 Å². The fourth-order valence-corrected chi connectivity index (χ4v) is 2.05. The monoisotopic (exact) mass is 329 g/mol. The van der Waals surface area contributed by atoms with Crippen LogP contribution < -0.4 is 19.5 Å². The van der Waals surface area contributed by atoms with E-state index >= 15 is 0 Å². The Bertz CT molecular complexity index is 653. The first-order chi connectivity index (χ1) is 11.6. The molecule has 5 heteroatoms. The first-order valence-electron chi connectivity index (χ1n) is 7.86. The Morgan fingerprint density at radius 3 is 2.42 bits per heavy atom. The van der Waals surface area contributed by atoms with Gasteiger partial charge in [-0.1, -0.05) is 18.2 Å². The maximum Gasteiger partial charge on any atom is 0.258 e. The van der Waals surface area contributed by atoms with Crippen LogP contribution in [0.1, 0.15) is 19.4 Å². The van der Waals surface area contributed by atoms with Gasteiger partial charge in [0.1, 0.15) is 17.2 Å². The summed E-state index contributed by atoms with van der Waals surface area (Å²) in [7, 11) is 1.59. The standard InChI is InChI=1S/C19H23NO4/c1-14(2)24-16-9-7-15(8-10-16)12-20-19(21)13-23-18-6-4-5-17(11-18)22-3/h4-11,14H,12-13H2,1-3H3,(H,20,21). The van der Waals surface area contributed by atoms with Crippen LogP contribution in [0, 0.1) is 0 Å². The molecule has 0 aliphatic carbocycles. The summed E-state index contributed by atoms with van der Waals surface area (Å²) < 4.78 is 16.1. The largest absolute Gasteiger partial charge is 0.497 e. The van der Waals surface area contributed by atoms with Crippen molar-refractivity contribution in [2.75, 3.05) is 13.7 Å². The molecule has 2 aromatic carbocycles. The van der Waals surface area contributed by atoms with Crippen molar-refractivity contribution in [3.05, 3.63) is 54.1 Å². The van der Waals surface area contributed by atoms with E-state index in [1.54, 1.807) is 19.2 Å². The summed E-state index contributed by atoms with van der Waals surface area (Å²) in [6.45, 7) is 4.37. The van der Waals surface area contributed by atoms with E-state index in [0.717, 1.165) is 11.3 Å². The van der Waals surface area contributed by atoms with Crippen LogP contribution in [-0.2, 0) is 11.3 Å². The number of carbonyl (C=O) groups is 1. The molecule has 2 aromatic rings. The number of benzene rings is 2. The lowest BCUT2D eigenvalue weighted by Gasteiger charge is -2.11. The third-order valence-electron chi connectivity index (χ3n) is 3.20. The molecule has 0 saturated heterocycles. The molecule has 0 spiro atoms. The van der Waals surface area contributed by atoms with Gasteiger partial charge in [0, 0.05) is 12.6 Å². The Morgan fingerprint density at radius 2 is 1.75 bits per heavy atom. The van der Waals surface area contributed by atoms with Crippen molar-refractivity contribution < 1.29 is 19.0 Å². The van der Waals surface area contributed by atoms with Crippen molar-refractivity contribution >= 4 is 5.91 Å². The highest BCUT2D eigenvalue weighted by molar-refractivity contribution is 5.77. The summed E-state index contributed by atoms with van der Waals surface area (Å²) in [5.41, 5.74) is 1.00. The van der Waals surface area contributed by atoms with Crippen molar-refractivity contribution in [1.29, 1.82) is 0 Å². The normalized spacial score (nSPS) is 10.3. The number of ether oxygens (including phenoxy) is 3. The minimum Gasteiger partial charge on any atom is -0.497 e. The number of rotatable bonds is 8. The van der Waals surface area contributed by atoms with Gasteiger partial charge in [-0.3, -0.25) is 4.79 Å². The lowest BCUT2D eigenvalue weighted by atomic mass is 10.2. The summed E-state index contributed by atoms with van der Waals surface area (Å²) in [5, 5.41) is 2.82.